The van der Waals surface area contributed by atoms with Gasteiger partial charge in [0.1, 0.15) is 0 Å². The van der Waals surface area contributed by atoms with Crippen molar-refractivity contribution in [1.82, 2.24) is 0 Å². The highest BCUT2D eigenvalue weighted by molar-refractivity contribution is 4.91. The number of hydrogen-bond donors (Lipinski definition) is 0. The van der Waals surface area contributed by atoms with Gasteiger partial charge in [-0.15, -0.1) is 5.73 Å². The SMILES string of the molecule is C=C=CC1CCC(C2CCC(C3CCC(C(F)(F)F)CC3)CC2)CC1. The number of allylic oxidation sites excluding steroid dienone is 1. The van der Waals surface area contributed by atoms with Crippen molar-refractivity contribution in [3.63, 3.8) is 0 Å². The molecular weight excluding hydrogens is 321 g/mol. The molecule has 0 amide bonds. The predicted octanol–water partition coefficient (Wildman–Crippen LogP) is 7.31. The molecule has 3 rings (SSSR count). The summed E-state index contributed by atoms with van der Waals surface area (Å²) in [5.74, 6) is 2.68. The topological polar surface area (TPSA) is 0 Å². The fourth-order valence-corrected chi connectivity index (χ4v) is 5.96. The largest absolute Gasteiger partial charge is 0.391 e. The molecule has 0 saturated heterocycles. The van der Waals surface area contributed by atoms with Crippen molar-refractivity contribution >= 4 is 0 Å². The Labute approximate surface area is 151 Å². The van der Waals surface area contributed by atoms with Gasteiger partial charge in [-0.25, -0.2) is 0 Å². The quantitative estimate of drug-likeness (QED) is 0.466. The van der Waals surface area contributed by atoms with Crippen LogP contribution in [0.5, 0.6) is 0 Å². The highest BCUT2D eigenvalue weighted by Gasteiger charge is 2.43. The van der Waals surface area contributed by atoms with Crippen LogP contribution in [0.15, 0.2) is 18.4 Å². The van der Waals surface area contributed by atoms with Crippen LogP contribution < -0.4 is 0 Å². The van der Waals surface area contributed by atoms with Crippen molar-refractivity contribution in [1.29, 1.82) is 0 Å². The Hall–Kier alpha value is -0.690. The summed E-state index contributed by atoms with van der Waals surface area (Å²) >= 11 is 0. The van der Waals surface area contributed by atoms with E-state index in [2.05, 4.69) is 18.4 Å². The number of hydrogen-bond acceptors (Lipinski definition) is 0. The summed E-state index contributed by atoms with van der Waals surface area (Å²) in [6.45, 7) is 3.69. The average molecular weight is 355 g/mol. The standard InChI is InChI=1S/C22H33F3/c1-2-3-16-4-6-17(7-5-16)18-8-10-19(11-9-18)20-12-14-21(15-13-20)22(23,24)25/h3,16-21H,1,4-15H2. The van der Waals surface area contributed by atoms with Gasteiger partial charge in [0.05, 0.1) is 5.92 Å². The number of halogens is 3. The van der Waals surface area contributed by atoms with Crippen LogP contribution in [-0.2, 0) is 0 Å². The summed E-state index contributed by atoms with van der Waals surface area (Å²) in [5.41, 5.74) is 2.94. The Balaban J connectivity index is 1.40. The van der Waals surface area contributed by atoms with Crippen LogP contribution in [0.25, 0.3) is 0 Å². The van der Waals surface area contributed by atoms with Crippen LogP contribution in [-0.4, -0.2) is 6.18 Å². The van der Waals surface area contributed by atoms with E-state index in [-0.39, 0.29) is 0 Å². The van der Waals surface area contributed by atoms with E-state index in [1.165, 1.54) is 51.4 Å². The zero-order chi connectivity index (χ0) is 17.9. The van der Waals surface area contributed by atoms with Crippen molar-refractivity contribution in [2.45, 2.75) is 83.2 Å². The normalized spacial score (nSPS) is 40.3. The second-order valence-corrected chi connectivity index (χ2v) is 8.87. The lowest BCUT2D eigenvalue weighted by Gasteiger charge is -2.41. The molecule has 0 N–H and O–H groups in total. The van der Waals surface area contributed by atoms with Gasteiger partial charge in [0.25, 0.3) is 0 Å². The summed E-state index contributed by atoms with van der Waals surface area (Å²) in [7, 11) is 0. The first kappa shape index (κ1) is 19.1. The first-order valence-electron chi connectivity index (χ1n) is 10.4. The lowest BCUT2D eigenvalue weighted by Crippen LogP contribution is -2.32. The number of alkyl halides is 3. The first-order chi connectivity index (χ1) is 12.0. The summed E-state index contributed by atoms with van der Waals surface area (Å²) in [4.78, 5) is 0. The molecule has 0 aromatic carbocycles. The molecule has 3 heteroatoms. The van der Waals surface area contributed by atoms with Crippen LogP contribution >= 0.6 is 0 Å². The van der Waals surface area contributed by atoms with E-state index in [0.717, 1.165) is 24.7 Å². The Morgan fingerprint density at radius 1 is 0.640 bits per heavy atom. The van der Waals surface area contributed by atoms with E-state index < -0.39 is 12.1 Å². The first-order valence-corrected chi connectivity index (χ1v) is 10.4. The zero-order valence-electron chi connectivity index (χ0n) is 15.4. The lowest BCUT2D eigenvalue weighted by molar-refractivity contribution is -0.185. The Bertz CT molecular complexity index is 450. The van der Waals surface area contributed by atoms with Crippen molar-refractivity contribution in [3.05, 3.63) is 18.4 Å². The second kappa shape index (κ2) is 8.33. The molecule has 0 aromatic rings. The van der Waals surface area contributed by atoms with Crippen LogP contribution in [0.3, 0.4) is 0 Å². The van der Waals surface area contributed by atoms with Gasteiger partial charge in [0.2, 0.25) is 0 Å². The Kier molecular flexibility index (Phi) is 6.36. The van der Waals surface area contributed by atoms with Crippen molar-refractivity contribution in [3.8, 4) is 0 Å². The van der Waals surface area contributed by atoms with Crippen LogP contribution in [0.2, 0.25) is 0 Å². The van der Waals surface area contributed by atoms with E-state index in [0.29, 0.717) is 30.6 Å². The van der Waals surface area contributed by atoms with E-state index in [1.54, 1.807) is 0 Å². The minimum absolute atomic E-state index is 0.370. The molecule has 3 fully saturated rings. The monoisotopic (exact) mass is 354 g/mol. The molecule has 0 aromatic heterocycles. The number of rotatable bonds is 3. The second-order valence-electron chi connectivity index (χ2n) is 8.87. The maximum absolute atomic E-state index is 12.8. The fourth-order valence-electron chi connectivity index (χ4n) is 5.96. The van der Waals surface area contributed by atoms with Crippen molar-refractivity contribution in [2.24, 2.45) is 35.5 Å². The molecule has 3 saturated carbocycles. The van der Waals surface area contributed by atoms with E-state index in [4.69, 9.17) is 0 Å². The van der Waals surface area contributed by atoms with Gasteiger partial charge in [-0.2, -0.15) is 13.2 Å². The van der Waals surface area contributed by atoms with Gasteiger partial charge >= 0.3 is 6.18 Å². The molecule has 0 unspecified atom stereocenters. The maximum atomic E-state index is 12.8. The van der Waals surface area contributed by atoms with Crippen LogP contribution in [0.4, 0.5) is 13.2 Å². The third-order valence-corrected chi connectivity index (χ3v) is 7.55. The Morgan fingerprint density at radius 3 is 1.36 bits per heavy atom. The summed E-state index contributed by atoms with van der Waals surface area (Å²) in [6.07, 6.45) is 10.9. The zero-order valence-corrected chi connectivity index (χ0v) is 15.4. The minimum Gasteiger partial charge on any atom is -0.171 e. The van der Waals surface area contributed by atoms with Gasteiger partial charge in [-0.3, -0.25) is 0 Å². The average Bonchev–Trinajstić information content (AvgIpc) is 2.62. The third-order valence-electron chi connectivity index (χ3n) is 7.55. The summed E-state index contributed by atoms with van der Waals surface area (Å²) in [6, 6.07) is 0. The van der Waals surface area contributed by atoms with Crippen molar-refractivity contribution < 1.29 is 13.2 Å². The molecular formula is C22H33F3. The molecule has 3 aliphatic rings. The van der Waals surface area contributed by atoms with Crippen molar-refractivity contribution in [2.75, 3.05) is 0 Å². The van der Waals surface area contributed by atoms with Crippen LogP contribution in [0.1, 0.15) is 77.0 Å². The van der Waals surface area contributed by atoms with E-state index >= 15 is 0 Å². The molecule has 0 aliphatic heterocycles. The Morgan fingerprint density at radius 2 is 1.00 bits per heavy atom. The molecule has 3 aliphatic carbocycles. The summed E-state index contributed by atoms with van der Waals surface area (Å²) < 4.78 is 38.5. The maximum Gasteiger partial charge on any atom is 0.391 e. The van der Waals surface area contributed by atoms with Gasteiger partial charge < -0.3 is 0 Å². The summed E-state index contributed by atoms with van der Waals surface area (Å²) in [5, 5.41) is 0. The van der Waals surface area contributed by atoms with Gasteiger partial charge in [0.15, 0.2) is 0 Å². The highest BCUT2D eigenvalue weighted by atomic mass is 19.4. The van der Waals surface area contributed by atoms with Crippen LogP contribution in [0, 0.1) is 35.5 Å². The molecule has 0 radical (unpaired) electrons. The van der Waals surface area contributed by atoms with E-state index in [1.807, 2.05) is 0 Å². The smallest absolute Gasteiger partial charge is 0.171 e. The molecule has 0 nitrogen and oxygen atoms in total. The molecule has 0 bridgehead atoms. The predicted molar refractivity (Wildman–Crippen MR) is 96.1 cm³/mol. The molecule has 0 atom stereocenters. The van der Waals surface area contributed by atoms with Gasteiger partial charge in [0, 0.05) is 0 Å². The molecule has 0 heterocycles. The highest BCUT2D eigenvalue weighted by Crippen LogP contribution is 2.47. The third kappa shape index (κ3) is 4.94. The van der Waals surface area contributed by atoms with Gasteiger partial charge in [-0.1, -0.05) is 6.58 Å². The lowest BCUT2D eigenvalue weighted by atomic mass is 9.65. The molecule has 0 spiro atoms. The minimum atomic E-state index is -3.97. The fraction of sp³-hybridized carbons (Fsp3) is 0.864. The van der Waals surface area contributed by atoms with E-state index in [9.17, 15) is 13.2 Å². The van der Waals surface area contributed by atoms with Gasteiger partial charge in [-0.05, 0) is 113 Å². The molecule has 142 valence electrons. The molecule has 25 heavy (non-hydrogen) atoms.